The molecule has 10 rings (SSSR count). The van der Waals surface area contributed by atoms with E-state index in [9.17, 15) is 0 Å². The summed E-state index contributed by atoms with van der Waals surface area (Å²) in [5, 5.41) is 0. The van der Waals surface area contributed by atoms with Gasteiger partial charge in [0.05, 0.1) is 0 Å². The van der Waals surface area contributed by atoms with Crippen molar-refractivity contribution in [2.45, 2.75) is 193 Å². The topological polar surface area (TPSA) is 0 Å². The summed E-state index contributed by atoms with van der Waals surface area (Å²) in [7, 11) is 0. The Morgan fingerprint density at radius 2 is 0.604 bits per heavy atom. The van der Waals surface area contributed by atoms with Crippen molar-refractivity contribution in [1.29, 1.82) is 0 Å². The molecule has 48 heavy (non-hydrogen) atoms. The van der Waals surface area contributed by atoms with Crippen LogP contribution in [-0.4, -0.2) is 0 Å². The molecule has 0 aromatic heterocycles. The Balaban J connectivity index is 0.946. The normalized spacial score (nSPS) is 53.2. The Kier molecular flexibility index (Phi) is 9.58. The van der Waals surface area contributed by atoms with Crippen LogP contribution in [0.2, 0.25) is 0 Å². The Labute approximate surface area is 298 Å². The average Bonchev–Trinajstić information content (AvgIpc) is 3.72. The standard InChI is InChI=1S/C48H78/c1-3-12-31(13-4-1)37-26-38(28-39(27-37)43-21-11-19-36-25-35-18-9-10-20-42(35)47(36)43)41-22-23-44(32-14-5-2-6-15-32)48-45-29-34-17-8-7-16-33(34)24-40(45)30-46(41)48/h31-48H,1-30H2. The average molecular weight is 655 g/mol. The van der Waals surface area contributed by atoms with Gasteiger partial charge in [-0.2, -0.15) is 0 Å². The van der Waals surface area contributed by atoms with Gasteiger partial charge in [-0.15, -0.1) is 0 Å². The van der Waals surface area contributed by atoms with E-state index in [1.54, 1.807) is 193 Å². The van der Waals surface area contributed by atoms with Crippen LogP contribution in [0.15, 0.2) is 0 Å². The van der Waals surface area contributed by atoms with Gasteiger partial charge in [0, 0.05) is 0 Å². The van der Waals surface area contributed by atoms with E-state index in [1.165, 1.54) is 0 Å². The molecule has 0 radical (unpaired) electrons. The molecule has 0 spiro atoms. The van der Waals surface area contributed by atoms with Crippen molar-refractivity contribution in [2.24, 2.45) is 107 Å². The minimum atomic E-state index is 1.11. The fourth-order valence-electron chi connectivity index (χ4n) is 18.6. The van der Waals surface area contributed by atoms with E-state index in [2.05, 4.69) is 0 Å². The first-order chi connectivity index (χ1) is 23.8. The Bertz CT molecular complexity index is 1060. The molecular weight excluding hydrogens is 577 g/mol. The van der Waals surface area contributed by atoms with E-state index in [0.29, 0.717) is 0 Å². The fraction of sp³-hybridized carbons (Fsp3) is 1.00. The maximum atomic E-state index is 1.71. The zero-order valence-corrected chi connectivity index (χ0v) is 31.6. The number of rotatable bonds is 4. The Hall–Kier alpha value is 0. The van der Waals surface area contributed by atoms with E-state index < -0.39 is 0 Å². The van der Waals surface area contributed by atoms with Crippen molar-refractivity contribution in [3.05, 3.63) is 0 Å². The van der Waals surface area contributed by atoms with Crippen molar-refractivity contribution in [1.82, 2.24) is 0 Å². The molecule has 0 aromatic carbocycles. The van der Waals surface area contributed by atoms with Crippen molar-refractivity contribution < 1.29 is 0 Å². The van der Waals surface area contributed by atoms with Crippen LogP contribution < -0.4 is 0 Å². The lowest BCUT2D eigenvalue weighted by Gasteiger charge is -2.53. The van der Waals surface area contributed by atoms with Gasteiger partial charge in [0.15, 0.2) is 0 Å². The van der Waals surface area contributed by atoms with Crippen molar-refractivity contribution in [2.75, 3.05) is 0 Å². The number of hydrogen-bond donors (Lipinski definition) is 0. The summed E-state index contributed by atoms with van der Waals surface area (Å²) in [4.78, 5) is 0. The van der Waals surface area contributed by atoms with Crippen LogP contribution in [0, 0.1) is 107 Å². The van der Waals surface area contributed by atoms with Crippen LogP contribution >= 0.6 is 0 Å². The maximum absolute atomic E-state index is 1.71. The van der Waals surface area contributed by atoms with Crippen LogP contribution in [0.3, 0.4) is 0 Å². The summed E-state index contributed by atoms with van der Waals surface area (Å²) in [5.41, 5.74) is 0. The molecule has 0 bridgehead atoms. The van der Waals surface area contributed by atoms with Crippen LogP contribution in [0.25, 0.3) is 0 Å². The third kappa shape index (κ3) is 5.96. The second-order valence-corrected chi connectivity index (χ2v) is 21.7. The second-order valence-electron chi connectivity index (χ2n) is 21.7. The first-order valence-electron chi connectivity index (χ1n) is 23.8. The fourth-order valence-corrected chi connectivity index (χ4v) is 18.6. The molecule has 0 amide bonds. The van der Waals surface area contributed by atoms with E-state index in [1.807, 2.05) is 0 Å². The van der Waals surface area contributed by atoms with Crippen molar-refractivity contribution >= 4 is 0 Å². The highest BCUT2D eigenvalue weighted by Crippen LogP contribution is 2.66. The number of hydrogen-bond acceptors (Lipinski definition) is 0. The highest BCUT2D eigenvalue weighted by atomic mass is 14.6. The van der Waals surface area contributed by atoms with Gasteiger partial charge in [0.25, 0.3) is 0 Å². The summed E-state index contributed by atoms with van der Waals surface area (Å²) in [6, 6.07) is 0. The molecule has 16 atom stereocenters. The lowest BCUT2D eigenvalue weighted by Crippen LogP contribution is -2.45. The van der Waals surface area contributed by atoms with Gasteiger partial charge in [-0.25, -0.2) is 0 Å². The minimum absolute atomic E-state index is 1.11. The molecule has 10 saturated carbocycles. The largest absolute Gasteiger partial charge is 0.0533 e. The lowest BCUT2D eigenvalue weighted by molar-refractivity contribution is -0.0402. The SMILES string of the molecule is C1CCC(C2CC(C3CCC(C4CCCCC4)C4C5CC6CCCCC6CC5CC34)CC(C3CCCC4CC5CCCCC5C43)C2)CC1. The van der Waals surface area contributed by atoms with E-state index in [-0.39, 0.29) is 0 Å². The van der Waals surface area contributed by atoms with E-state index in [4.69, 9.17) is 0 Å². The third-order valence-electron chi connectivity index (χ3n) is 20.1. The van der Waals surface area contributed by atoms with Gasteiger partial charge < -0.3 is 0 Å². The van der Waals surface area contributed by atoms with Gasteiger partial charge in [0.2, 0.25) is 0 Å². The molecule has 10 fully saturated rings. The summed E-state index contributed by atoms with van der Waals surface area (Å²) in [6.07, 6.45) is 48.6. The van der Waals surface area contributed by atoms with Gasteiger partial charge in [-0.05, 0) is 177 Å². The summed E-state index contributed by atoms with van der Waals surface area (Å²) < 4.78 is 0. The lowest BCUT2D eigenvalue weighted by atomic mass is 9.52. The van der Waals surface area contributed by atoms with E-state index in [0.717, 1.165) is 107 Å². The van der Waals surface area contributed by atoms with Gasteiger partial charge in [0.1, 0.15) is 0 Å². The van der Waals surface area contributed by atoms with Gasteiger partial charge in [-0.3, -0.25) is 0 Å². The van der Waals surface area contributed by atoms with Gasteiger partial charge >= 0.3 is 0 Å². The van der Waals surface area contributed by atoms with E-state index >= 15 is 0 Å². The first-order valence-corrected chi connectivity index (χ1v) is 23.8. The molecule has 10 aliphatic carbocycles. The van der Waals surface area contributed by atoms with Crippen LogP contribution in [0.4, 0.5) is 0 Å². The molecule has 0 heterocycles. The van der Waals surface area contributed by atoms with Crippen LogP contribution in [-0.2, 0) is 0 Å². The van der Waals surface area contributed by atoms with Crippen LogP contribution in [0.5, 0.6) is 0 Å². The third-order valence-corrected chi connectivity index (χ3v) is 20.1. The van der Waals surface area contributed by atoms with Gasteiger partial charge in [-0.1, -0.05) is 122 Å². The van der Waals surface area contributed by atoms with Crippen LogP contribution in [0.1, 0.15) is 193 Å². The summed E-state index contributed by atoms with van der Waals surface area (Å²) in [6.45, 7) is 0. The molecule has 0 aliphatic heterocycles. The molecule has 0 nitrogen and oxygen atoms in total. The molecule has 0 N–H and O–H groups in total. The molecule has 16 unspecified atom stereocenters. The molecule has 270 valence electrons. The highest BCUT2D eigenvalue weighted by molar-refractivity contribution is 5.07. The molecule has 0 aromatic rings. The molecule has 10 aliphatic rings. The zero-order valence-electron chi connectivity index (χ0n) is 31.6. The zero-order chi connectivity index (χ0) is 31.6. The molecular formula is C48H78. The summed E-state index contributed by atoms with van der Waals surface area (Å²) >= 11 is 0. The predicted octanol–water partition coefficient (Wildman–Crippen LogP) is 13.9. The second kappa shape index (κ2) is 14.1. The number of fused-ring (bicyclic) bond motifs is 7. The monoisotopic (exact) mass is 655 g/mol. The Morgan fingerprint density at radius 3 is 1.40 bits per heavy atom. The predicted molar refractivity (Wildman–Crippen MR) is 201 cm³/mol. The van der Waals surface area contributed by atoms with Crippen molar-refractivity contribution in [3.63, 3.8) is 0 Å². The van der Waals surface area contributed by atoms with Crippen molar-refractivity contribution in [3.8, 4) is 0 Å². The highest BCUT2D eigenvalue weighted by Gasteiger charge is 2.58. The Morgan fingerprint density at radius 1 is 0.167 bits per heavy atom. The molecule has 0 saturated heterocycles. The summed E-state index contributed by atoms with van der Waals surface area (Å²) in [5.74, 6) is 20.4. The maximum Gasteiger partial charge on any atom is -0.0321 e. The first kappa shape index (κ1) is 32.6. The quantitative estimate of drug-likeness (QED) is 0.283. The molecule has 0 heteroatoms. The minimum Gasteiger partial charge on any atom is -0.0533 e. The smallest absolute Gasteiger partial charge is 0.0321 e.